The van der Waals surface area contributed by atoms with Crippen LogP contribution in [-0.4, -0.2) is 25.8 Å². The fraction of sp³-hybridized carbons (Fsp3) is 0.200. The number of anilines is 3. The van der Waals surface area contributed by atoms with E-state index in [1.165, 1.54) is 24.4 Å². The van der Waals surface area contributed by atoms with E-state index in [-0.39, 0.29) is 22.9 Å². The molecule has 192 valence electrons. The maximum Gasteiger partial charge on any atom is 0.416 e. The van der Waals surface area contributed by atoms with Crippen LogP contribution in [0.4, 0.5) is 39.7 Å². The molecule has 37 heavy (non-hydrogen) atoms. The first-order valence-corrected chi connectivity index (χ1v) is 11.1. The monoisotopic (exact) mass is 513 g/mol. The lowest BCUT2D eigenvalue weighted by atomic mass is 10.0. The molecular weight excluding hydrogens is 490 g/mol. The summed E-state index contributed by atoms with van der Waals surface area (Å²) in [5, 5.41) is 9.62. The number of halogens is 4. The van der Waals surface area contributed by atoms with Gasteiger partial charge in [-0.15, -0.1) is 0 Å². The molecule has 0 aliphatic carbocycles. The molecule has 2 aromatic heterocycles. The first kappa shape index (κ1) is 25.6. The molecule has 12 heteroatoms. The number of amides is 2. The number of hydrogen-bond acceptors (Lipinski definition) is 5. The number of nitrogen functional groups attached to an aromatic ring is 1. The minimum Gasteiger partial charge on any atom is -0.368 e. The summed E-state index contributed by atoms with van der Waals surface area (Å²) in [6, 6.07) is 8.87. The lowest BCUT2D eigenvalue weighted by Crippen LogP contribution is -2.22. The fourth-order valence-corrected chi connectivity index (χ4v) is 3.45. The second-order valence-electron chi connectivity index (χ2n) is 9.16. The molecule has 0 saturated heterocycles. The van der Waals surface area contributed by atoms with Crippen molar-refractivity contribution < 1.29 is 22.4 Å². The van der Waals surface area contributed by atoms with Crippen molar-refractivity contribution in [3.63, 3.8) is 0 Å². The van der Waals surface area contributed by atoms with E-state index >= 15 is 4.39 Å². The van der Waals surface area contributed by atoms with Crippen molar-refractivity contribution in [3.8, 4) is 22.5 Å². The van der Waals surface area contributed by atoms with Crippen LogP contribution in [0.1, 0.15) is 26.3 Å². The average molecular weight is 513 g/mol. The van der Waals surface area contributed by atoms with Crippen LogP contribution in [0.15, 0.2) is 60.9 Å². The van der Waals surface area contributed by atoms with E-state index in [0.717, 1.165) is 24.3 Å². The molecule has 4 rings (SSSR count). The molecule has 8 nitrogen and oxygen atoms in total. The number of nitrogens with one attached hydrogen (secondary N) is 2. The van der Waals surface area contributed by atoms with E-state index in [2.05, 4.69) is 25.7 Å². The topological polar surface area (TPSA) is 111 Å². The van der Waals surface area contributed by atoms with E-state index in [0.29, 0.717) is 17.0 Å². The molecule has 0 aliphatic heterocycles. The summed E-state index contributed by atoms with van der Waals surface area (Å²) in [5.41, 5.74) is 6.20. The molecule has 0 aliphatic rings. The van der Waals surface area contributed by atoms with Crippen molar-refractivity contribution in [1.29, 1.82) is 0 Å². The fourth-order valence-electron chi connectivity index (χ4n) is 3.45. The molecule has 4 N–H and O–H groups in total. The summed E-state index contributed by atoms with van der Waals surface area (Å²) < 4.78 is 55.0. The molecule has 2 heterocycles. The van der Waals surface area contributed by atoms with Crippen LogP contribution < -0.4 is 16.4 Å². The van der Waals surface area contributed by atoms with Crippen LogP contribution in [0.5, 0.6) is 0 Å². The number of hydrogen-bond donors (Lipinski definition) is 3. The smallest absolute Gasteiger partial charge is 0.368 e. The second kappa shape index (κ2) is 9.52. The first-order chi connectivity index (χ1) is 17.3. The molecule has 0 fully saturated rings. The zero-order valence-corrected chi connectivity index (χ0v) is 20.1. The molecule has 0 saturated carbocycles. The van der Waals surface area contributed by atoms with Gasteiger partial charge >= 0.3 is 12.2 Å². The molecule has 0 bridgehead atoms. The van der Waals surface area contributed by atoms with Crippen molar-refractivity contribution in [2.24, 2.45) is 0 Å². The Kier molecular flexibility index (Phi) is 6.59. The van der Waals surface area contributed by atoms with Crippen molar-refractivity contribution in [3.05, 3.63) is 72.3 Å². The Bertz CT molecular complexity index is 1440. The van der Waals surface area contributed by atoms with E-state index in [1.807, 2.05) is 20.8 Å². The minimum absolute atomic E-state index is 0.0320. The third kappa shape index (κ3) is 5.85. The quantitative estimate of drug-likeness (QED) is 0.284. The van der Waals surface area contributed by atoms with Gasteiger partial charge in [0.05, 0.1) is 16.8 Å². The van der Waals surface area contributed by atoms with Crippen LogP contribution in [0.3, 0.4) is 0 Å². The molecule has 4 aromatic rings. The Labute approximate surface area is 209 Å². The van der Waals surface area contributed by atoms with Crippen molar-refractivity contribution >= 4 is 23.4 Å². The Hall–Kier alpha value is -4.48. The van der Waals surface area contributed by atoms with Gasteiger partial charge in [0.15, 0.2) is 0 Å². The number of aromatic nitrogens is 4. The first-order valence-electron chi connectivity index (χ1n) is 11.1. The largest absolute Gasteiger partial charge is 0.416 e. The summed E-state index contributed by atoms with van der Waals surface area (Å²) in [4.78, 5) is 20.6. The van der Waals surface area contributed by atoms with Crippen LogP contribution in [0, 0.1) is 5.82 Å². The third-order valence-corrected chi connectivity index (χ3v) is 5.30. The number of benzene rings is 2. The Morgan fingerprint density at radius 2 is 1.59 bits per heavy atom. The lowest BCUT2D eigenvalue weighted by Gasteiger charge is -2.18. The average Bonchev–Trinajstić information content (AvgIpc) is 3.26. The molecule has 0 radical (unpaired) electrons. The Balaban J connectivity index is 1.64. The number of nitrogens with two attached hydrogens (primary N) is 1. The van der Waals surface area contributed by atoms with Gasteiger partial charge in [-0.25, -0.2) is 19.2 Å². The highest BCUT2D eigenvalue weighted by Gasteiger charge is 2.30. The highest BCUT2D eigenvalue weighted by atomic mass is 19.4. The predicted molar refractivity (Wildman–Crippen MR) is 132 cm³/mol. The molecule has 0 unspecified atom stereocenters. The van der Waals surface area contributed by atoms with E-state index in [1.54, 1.807) is 16.9 Å². The summed E-state index contributed by atoms with van der Waals surface area (Å²) >= 11 is 0. The van der Waals surface area contributed by atoms with Gasteiger partial charge in [-0.3, -0.25) is 4.68 Å². The van der Waals surface area contributed by atoms with Crippen LogP contribution >= 0.6 is 0 Å². The highest BCUT2D eigenvalue weighted by Crippen LogP contribution is 2.35. The number of carbonyl (C=O) groups is 1. The molecule has 2 aromatic carbocycles. The zero-order chi connectivity index (χ0) is 27.0. The number of urea groups is 1. The maximum absolute atomic E-state index is 15.0. The Morgan fingerprint density at radius 1 is 0.946 bits per heavy atom. The molecule has 2 amide bonds. The lowest BCUT2D eigenvalue weighted by molar-refractivity contribution is -0.137. The number of rotatable bonds is 4. The van der Waals surface area contributed by atoms with Crippen molar-refractivity contribution in [2.75, 3.05) is 16.4 Å². The van der Waals surface area contributed by atoms with Gasteiger partial charge in [0.2, 0.25) is 5.95 Å². The van der Waals surface area contributed by atoms with Gasteiger partial charge in [0.25, 0.3) is 0 Å². The highest BCUT2D eigenvalue weighted by molar-refractivity contribution is 6.00. The number of carbonyl (C=O) groups excluding carboxylic acids is 1. The SMILES string of the molecule is CC(C)(C)n1cc(-c2cc(NC(=O)Nc3ccc(C(F)(F)F)cc3)ccc2F)c(-c2ccnc(N)n2)n1. The van der Waals surface area contributed by atoms with Gasteiger partial charge in [0.1, 0.15) is 11.5 Å². The molecule has 0 atom stereocenters. The van der Waals surface area contributed by atoms with Gasteiger partial charge in [0, 0.05) is 34.9 Å². The standard InChI is InChI=1S/C25H23F4N7O/c1-24(2,3)36-13-18(21(35-36)20-10-11-31-22(30)34-20)17-12-16(8-9-19(17)26)33-23(37)32-15-6-4-14(5-7-15)25(27,28)29/h4-13H,1-3H3,(H2,30,31,34)(H2,32,33,37). The van der Waals surface area contributed by atoms with Gasteiger partial charge in [-0.2, -0.15) is 18.3 Å². The molecule has 0 spiro atoms. The van der Waals surface area contributed by atoms with Crippen molar-refractivity contribution in [2.45, 2.75) is 32.5 Å². The summed E-state index contributed by atoms with van der Waals surface area (Å²) in [6.07, 6.45) is -1.34. The minimum atomic E-state index is -4.48. The molecular formula is C25H23F4N7O. The third-order valence-electron chi connectivity index (χ3n) is 5.30. The second-order valence-corrected chi connectivity index (χ2v) is 9.16. The maximum atomic E-state index is 15.0. The predicted octanol–water partition coefficient (Wildman–Crippen LogP) is 6.15. The zero-order valence-electron chi connectivity index (χ0n) is 20.1. The van der Waals surface area contributed by atoms with E-state index in [4.69, 9.17) is 5.73 Å². The van der Waals surface area contributed by atoms with Crippen LogP contribution in [0.25, 0.3) is 22.5 Å². The normalized spacial score (nSPS) is 11.9. The Morgan fingerprint density at radius 3 is 2.22 bits per heavy atom. The van der Waals surface area contributed by atoms with Gasteiger partial charge in [-0.05, 0) is 69.3 Å². The summed E-state index contributed by atoms with van der Waals surface area (Å²) in [7, 11) is 0. The van der Waals surface area contributed by atoms with E-state index < -0.39 is 29.1 Å². The number of alkyl halides is 3. The summed E-state index contributed by atoms with van der Waals surface area (Å²) in [5.74, 6) is -0.532. The van der Waals surface area contributed by atoms with Crippen LogP contribution in [0.2, 0.25) is 0 Å². The van der Waals surface area contributed by atoms with Gasteiger partial charge in [-0.1, -0.05) is 0 Å². The van der Waals surface area contributed by atoms with Crippen LogP contribution in [-0.2, 0) is 11.7 Å². The number of nitrogens with zero attached hydrogens (tertiary/aromatic N) is 4. The van der Waals surface area contributed by atoms with Crippen molar-refractivity contribution in [1.82, 2.24) is 19.7 Å². The van der Waals surface area contributed by atoms with Gasteiger partial charge < -0.3 is 16.4 Å². The van der Waals surface area contributed by atoms with E-state index in [9.17, 15) is 18.0 Å². The summed E-state index contributed by atoms with van der Waals surface area (Å²) in [6.45, 7) is 5.80.